The first kappa shape index (κ1) is 9.11. The first-order chi connectivity index (χ1) is 7.79. The van der Waals surface area contributed by atoms with Gasteiger partial charge in [0.2, 0.25) is 0 Å². The molecule has 16 heavy (non-hydrogen) atoms. The number of nitrogens with zero attached hydrogens (tertiary/aromatic N) is 2. The molecule has 1 aromatic carbocycles. The maximum atomic E-state index is 11.1. The summed E-state index contributed by atoms with van der Waals surface area (Å²) in [6, 6.07) is 9.47. The van der Waals surface area contributed by atoms with E-state index >= 15 is 0 Å². The molecule has 0 spiro atoms. The van der Waals surface area contributed by atoms with Crippen LogP contribution in [0.4, 0.5) is 0 Å². The Kier molecular flexibility index (Phi) is 1.81. The van der Waals surface area contributed by atoms with Crippen LogP contribution in [0.5, 0.6) is 0 Å². The zero-order chi connectivity index (χ0) is 11.1. The summed E-state index contributed by atoms with van der Waals surface area (Å²) in [5.74, 6) is -0.834. The van der Waals surface area contributed by atoms with Crippen LogP contribution in [0.1, 0.15) is 21.7 Å². The average molecular weight is 216 g/mol. The fraction of sp³-hybridized carbons (Fsp3) is 0.0909. The molecular formula is C11H8N2O3. The van der Waals surface area contributed by atoms with Crippen molar-refractivity contribution in [2.75, 3.05) is 0 Å². The van der Waals surface area contributed by atoms with Gasteiger partial charge >= 0.3 is 5.97 Å². The molecular weight excluding hydrogens is 208 g/mol. The maximum Gasteiger partial charge on any atom is 0.392 e. The third kappa shape index (κ3) is 1.15. The van der Waals surface area contributed by atoms with E-state index in [2.05, 4.69) is 9.99 Å². The van der Waals surface area contributed by atoms with Crippen molar-refractivity contribution in [2.24, 2.45) is 0 Å². The zero-order valence-electron chi connectivity index (χ0n) is 8.25. The van der Waals surface area contributed by atoms with Crippen molar-refractivity contribution in [3.63, 3.8) is 0 Å². The summed E-state index contributed by atoms with van der Waals surface area (Å²) >= 11 is 0. The molecule has 1 aromatic heterocycles. The summed E-state index contributed by atoms with van der Waals surface area (Å²) in [7, 11) is 0. The minimum absolute atomic E-state index is 0.118. The molecule has 5 nitrogen and oxygen atoms in total. The second kappa shape index (κ2) is 3.18. The van der Waals surface area contributed by atoms with Gasteiger partial charge in [-0.2, -0.15) is 10.4 Å². The van der Waals surface area contributed by atoms with Crippen molar-refractivity contribution in [2.45, 2.75) is 6.42 Å². The van der Waals surface area contributed by atoms with Gasteiger partial charge in [-0.15, -0.1) is 0 Å². The summed E-state index contributed by atoms with van der Waals surface area (Å²) in [5.41, 5.74) is 3.18. The minimum Gasteiger partial charge on any atom is -0.294 e. The Hall–Kier alpha value is -2.14. The van der Waals surface area contributed by atoms with Crippen molar-refractivity contribution >= 4 is 5.97 Å². The number of rotatable bonds is 1. The molecule has 0 bridgehead atoms. The molecule has 1 aliphatic rings. The Morgan fingerprint density at radius 2 is 2.25 bits per heavy atom. The lowest BCUT2D eigenvalue weighted by molar-refractivity contribution is -0.183. The fourth-order valence-corrected chi connectivity index (χ4v) is 1.96. The van der Waals surface area contributed by atoms with Crippen LogP contribution in [-0.4, -0.2) is 21.0 Å². The van der Waals surface area contributed by atoms with Crippen molar-refractivity contribution in [1.29, 1.82) is 0 Å². The topological polar surface area (TPSA) is 64.3 Å². The van der Waals surface area contributed by atoms with Gasteiger partial charge in [0, 0.05) is 12.1 Å². The van der Waals surface area contributed by atoms with Crippen molar-refractivity contribution in [3.8, 4) is 5.69 Å². The Bertz CT molecular complexity index is 574. The normalized spacial score (nSPS) is 12.1. The molecule has 1 aliphatic heterocycles. The van der Waals surface area contributed by atoms with Crippen LogP contribution in [0.3, 0.4) is 0 Å². The van der Waals surface area contributed by atoms with Crippen LogP contribution in [-0.2, 0) is 11.3 Å². The maximum absolute atomic E-state index is 11.1. The zero-order valence-corrected chi connectivity index (χ0v) is 8.25. The number of carbonyl (C=O) groups is 1. The average Bonchev–Trinajstić information content (AvgIpc) is 2.85. The number of aromatic nitrogens is 2. The molecule has 1 N–H and O–H groups in total. The Labute approximate surface area is 90.8 Å². The molecule has 0 saturated carbocycles. The molecule has 0 atom stereocenters. The summed E-state index contributed by atoms with van der Waals surface area (Å²) in [4.78, 5) is 14.7. The summed E-state index contributed by atoms with van der Waals surface area (Å²) in [6.45, 7) is 0. The van der Waals surface area contributed by atoms with E-state index in [-0.39, 0.29) is 5.69 Å². The number of fused-ring (bicyclic) bond motifs is 3. The summed E-state index contributed by atoms with van der Waals surface area (Å²) in [6.07, 6.45) is 0.738. The predicted molar refractivity (Wildman–Crippen MR) is 54.4 cm³/mol. The molecule has 2 aromatic rings. The predicted octanol–water partition coefficient (Wildman–Crippen LogP) is 1.41. The molecule has 0 amide bonds. The smallest absolute Gasteiger partial charge is 0.294 e. The highest BCUT2D eigenvalue weighted by Crippen LogP contribution is 2.27. The van der Waals surface area contributed by atoms with Crippen LogP contribution in [0.2, 0.25) is 0 Å². The van der Waals surface area contributed by atoms with Gasteiger partial charge in [-0.3, -0.25) is 4.89 Å². The molecule has 80 valence electrons. The van der Waals surface area contributed by atoms with E-state index in [4.69, 9.17) is 5.26 Å². The van der Waals surface area contributed by atoms with Crippen molar-refractivity contribution < 1.29 is 14.9 Å². The number of carbonyl (C=O) groups excluding carboxylic acids is 1. The monoisotopic (exact) mass is 216 g/mol. The SMILES string of the molecule is O=C(OO)c1cc2n(n1)-c1ccccc1C2. The van der Waals surface area contributed by atoms with Gasteiger partial charge in [0.05, 0.1) is 5.69 Å². The molecule has 0 unspecified atom stereocenters. The van der Waals surface area contributed by atoms with Crippen molar-refractivity contribution in [3.05, 3.63) is 47.3 Å². The Morgan fingerprint density at radius 3 is 3.06 bits per heavy atom. The van der Waals surface area contributed by atoms with E-state index in [1.54, 1.807) is 10.7 Å². The van der Waals surface area contributed by atoms with Crippen LogP contribution in [0.25, 0.3) is 5.69 Å². The molecule has 0 aliphatic carbocycles. The second-order valence-electron chi connectivity index (χ2n) is 3.62. The lowest BCUT2D eigenvalue weighted by atomic mass is 10.1. The highest BCUT2D eigenvalue weighted by molar-refractivity contribution is 5.87. The third-order valence-corrected chi connectivity index (χ3v) is 2.67. The molecule has 2 heterocycles. The van der Waals surface area contributed by atoms with Gasteiger partial charge in [0.15, 0.2) is 5.69 Å². The highest BCUT2D eigenvalue weighted by atomic mass is 17.1. The second-order valence-corrected chi connectivity index (χ2v) is 3.62. The molecule has 0 fully saturated rings. The van der Waals surface area contributed by atoms with Crippen LogP contribution in [0, 0.1) is 0 Å². The number of hydrogen-bond acceptors (Lipinski definition) is 4. The first-order valence-corrected chi connectivity index (χ1v) is 4.82. The van der Waals surface area contributed by atoms with Gasteiger partial charge in [-0.05, 0) is 17.7 Å². The number of para-hydroxylation sites is 1. The number of benzene rings is 1. The first-order valence-electron chi connectivity index (χ1n) is 4.82. The molecule has 5 heteroatoms. The van der Waals surface area contributed by atoms with Gasteiger partial charge in [-0.1, -0.05) is 18.2 Å². The Balaban J connectivity index is 2.11. The standard InChI is InChI=1S/C11H8N2O3/c14-11(16-15)9-6-8-5-7-3-1-2-4-10(7)13(8)12-9/h1-4,6,15H,5H2. The molecule has 3 rings (SSSR count). The Morgan fingerprint density at radius 1 is 1.44 bits per heavy atom. The van der Waals surface area contributed by atoms with E-state index in [1.807, 2.05) is 24.3 Å². The van der Waals surface area contributed by atoms with E-state index in [9.17, 15) is 4.79 Å². The quantitative estimate of drug-likeness (QED) is 0.493. The van der Waals surface area contributed by atoms with Crippen LogP contribution in [0.15, 0.2) is 30.3 Å². The van der Waals surface area contributed by atoms with E-state index in [0.717, 1.165) is 17.8 Å². The van der Waals surface area contributed by atoms with E-state index < -0.39 is 5.97 Å². The fourth-order valence-electron chi connectivity index (χ4n) is 1.96. The van der Waals surface area contributed by atoms with E-state index in [1.165, 1.54) is 5.56 Å². The van der Waals surface area contributed by atoms with Gasteiger partial charge in [0.1, 0.15) is 0 Å². The molecule has 0 saturated heterocycles. The largest absolute Gasteiger partial charge is 0.392 e. The van der Waals surface area contributed by atoms with Gasteiger partial charge in [0.25, 0.3) is 0 Å². The number of hydrogen-bond donors (Lipinski definition) is 1. The summed E-state index contributed by atoms with van der Waals surface area (Å²) < 4.78 is 1.70. The van der Waals surface area contributed by atoms with Crippen LogP contribution >= 0.6 is 0 Å². The van der Waals surface area contributed by atoms with Crippen molar-refractivity contribution in [1.82, 2.24) is 9.78 Å². The van der Waals surface area contributed by atoms with Gasteiger partial charge in [-0.25, -0.2) is 9.48 Å². The van der Waals surface area contributed by atoms with Crippen LogP contribution < -0.4 is 0 Å². The third-order valence-electron chi connectivity index (χ3n) is 2.67. The lowest BCUT2D eigenvalue weighted by Gasteiger charge is -1.99. The highest BCUT2D eigenvalue weighted by Gasteiger charge is 2.23. The minimum atomic E-state index is -0.834. The van der Waals surface area contributed by atoms with E-state index in [0.29, 0.717) is 0 Å². The lowest BCUT2D eigenvalue weighted by Crippen LogP contribution is -2.04. The molecule has 0 radical (unpaired) electrons. The van der Waals surface area contributed by atoms with Gasteiger partial charge < -0.3 is 0 Å². The summed E-state index contributed by atoms with van der Waals surface area (Å²) in [5, 5.41) is 12.4.